The number of aryl methyl sites for hydroxylation is 1. The Kier molecular flexibility index (Phi) is 5.05. The molecule has 0 fully saturated rings. The van der Waals surface area contributed by atoms with Crippen molar-refractivity contribution >= 4 is 17.2 Å². The number of benzene rings is 1. The van der Waals surface area contributed by atoms with Gasteiger partial charge in [-0.1, -0.05) is 18.2 Å². The largest absolute Gasteiger partial charge is 0.344 e. The lowest BCUT2D eigenvalue weighted by Crippen LogP contribution is -2.07. The average molecular weight is 290 g/mol. The number of aromatic nitrogens is 1. The molecule has 2 aromatic rings. The van der Waals surface area contributed by atoms with Gasteiger partial charge in [0.15, 0.2) is 0 Å². The molecular formula is C18H18N4. The molecule has 0 unspecified atom stereocenters. The Morgan fingerprint density at radius 3 is 2.82 bits per heavy atom. The molecule has 4 nitrogen and oxygen atoms in total. The molecule has 2 rings (SSSR count). The third-order valence-electron chi connectivity index (χ3n) is 3.07. The summed E-state index contributed by atoms with van der Waals surface area (Å²) in [6.07, 6.45) is 5.15. The summed E-state index contributed by atoms with van der Waals surface area (Å²) in [5.41, 5.74) is 4.32. The van der Waals surface area contributed by atoms with Crippen molar-refractivity contribution in [1.29, 1.82) is 5.26 Å². The van der Waals surface area contributed by atoms with Gasteiger partial charge in [0.25, 0.3) is 0 Å². The summed E-state index contributed by atoms with van der Waals surface area (Å²) in [6.45, 7) is 5.87. The SMILES string of the molecule is C/C=C(\N=C(/C)Nc1cccc(C)c1)c1cncc(C#N)c1. The number of aliphatic imine (C=N–C) groups is 1. The summed E-state index contributed by atoms with van der Waals surface area (Å²) in [4.78, 5) is 8.66. The van der Waals surface area contributed by atoms with Crippen LogP contribution in [-0.4, -0.2) is 10.8 Å². The number of nitrogens with one attached hydrogen (secondary N) is 1. The van der Waals surface area contributed by atoms with E-state index in [2.05, 4.69) is 27.4 Å². The van der Waals surface area contributed by atoms with E-state index in [1.807, 2.05) is 45.0 Å². The molecule has 0 aliphatic heterocycles. The molecule has 0 saturated carbocycles. The number of pyridine rings is 1. The van der Waals surface area contributed by atoms with E-state index in [4.69, 9.17) is 5.26 Å². The van der Waals surface area contributed by atoms with Crippen molar-refractivity contribution in [2.75, 3.05) is 5.32 Å². The van der Waals surface area contributed by atoms with Gasteiger partial charge in [-0.25, -0.2) is 4.99 Å². The number of rotatable bonds is 3. The Labute approximate surface area is 130 Å². The summed E-state index contributed by atoms with van der Waals surface area (Å²) in [6, 6.07) is 12.0. The Balaban J connectivity index is 2.23. The molecule has 0 spiro atoms. The topological polar surface area (TPSA) is 61.1 Å². The summed E-state index contributed by atoms with van der Waals surface area (Å²) in [5.74, 6) is 0.779. The molecule has 22 heavy (non-hydrogen) atoms. The highest BCUT2D eigenvalue weighted by Crippen LogP contribution is 2.17. The summed E-state index contributed by atoms with van der Waals surface area (Å²) >= 11 is 0. The lowest BCUT2D eigenvalue weighted by molar-refractivity contribution is 1.27. The molecule has 110 valence electrons. The number of hydrogen-bond donors (Lipinski definition) is 1. The zero-order valence-corrected chi connectivity index (χ0v) is 13.0. The second-order valence-electron chi connectivity index (χ2n) is 4.94. The van der Waals surface area contributed by atoms with Crippen molar-refractivity contribution in [3.05, 3.63) is 65.5 Å². The van der Waals surface area contributed by atoms with E-state index in [1.54, 1.807) is 18.5 Å². The van der Waals surface area contributed by atoms with Crippen molar-refractivity contribution in [3.63, 3.8) is 0 Å². The van der Waals surface area contributed by atoms with E-state index in [9.17, 15) is 0 Å². The van der Waals surface area contributed by atoms with Crippen LogP contribution in [0, 0.1) is 18.3 Å². The zero-order chi connectivity index (χ0) is 15.9. The Morgan fingerprint density at radius 2 is 2.14 bits per heavy atom. The van der Waals surface area contributed by atoms with Gasteiger partial charge in [0.2, 0.25) is 0 Å². The van der Waals surface area contributed by atoms with Crippen molar-refractivity contribution < 1.29 is 0 Å². The average Bonchev–Trinajstić information content (AvgIpc) is 2.52. The first-order chi connectivity index (χ1) is 10.6. The van der Waals surface area contributed by atoms with Gasteiger partial charge in [-0.15, -0.1) is 0 Å². The maximum absolute atomic E-state index is 8.96. The number of nitrogens with zero attached hydrogens (tertiary/aromatic N) is 3. The predicted molar refractivity (Wildman–Crippen MR) is 90.5 cm³/mol. The second kappa shape index (κ2) is 7.19. The van der Waals surface area contributed by atoms with E-state index in [-0.39, 0.29) is 0 Å². The number of nitriles is 1. The smallest absolute Gasteiger partial charge is 0.103 e. The highest BCUT2D eigenvalue weighted by atomic mass is 15.0. The van der Waals surface area contributed by atoms with Crippen LogP contribution in [0.5, 0.6) is 0 Å². The van der Waals surface area contributed by atoms with Gasteiger partial charge in [-0.3, -0.25) is 4.98 Å². The predicted octanol–water partition coefficient (Wildman–Crippen LogP) is 4.15. The van der Waals surface area contributed by atoms with E-state index in [1.165, 1.54) is 5.56 Å². The van der Waals surface area contributed by atoms with Crippen LogP contribution in [0.25, 0.3) is 5.70 Å². The highest BCUT2D eigenvalue weighted by Gasteiger charge is 2.03. The molecule has 0 aliphatic carbocycles. The number of anilines is 1. The molecular weight excluding hydrogens is 272 g/mol. The molecule has 1 aromatic carbocycles. The fraction of sp³-hybridized carbons (Fsp3) is 0.167. The lowest BCUT2D eigenvalue weighted by Gasteiger charge is -2.08. The number of hydrogen-bond acceptors (Lipinski definition) is 3. The molecule has 0 radical (unpaired) electrons. The monoisotopic (exact) mass is 290 g/mol. The van der Waals surface area contributed by atoms with Crippen LogP contribution < -0.4 is 5.32 Å². The molecule has 4 heteroatoms. The zero-order valence-electron chi connectivity index (χ0n) is 13.0. The van der Waals surface area contributed by atoms with Crippen molar-refractivity contribution in [1.82, 2.24) is 4.98 Å². The van der Waals surface area contributed by atoms with Crippen LogP contribution >= 0.6 is 0 Å². The molecule has 0 aliphatic rings. The normalized spacial score (nSPS) is 11.9. The van der Waals surface area contributed by atoms with Gasteiger partial charge in [0.05, 0.1) is 11.3 Å². The number of allylic oxidation sites excluding steroid dienone is 1. The molecule has 1 aromatic heterocycles. The summed E-state index contributed by atoms with van der Waals surface area (Å²) < 4.78 is 0. The van der Waals surface area contributed by atoms with Crippen LogP contribution in [0.3, 0.4) is 0 Å². The Morgan fingerprint density at radius 1 is 1.32 bits per heavy atom. The van der Waals surface area contributed by atoms with Crippen LogP contribution in [0.4, 0.5) is 5.69 Å². The van der Waals surface area contributed by atoms with Gasteiger partial charge in [0, 0.05) is 23.6 Å². The summed E-state index contributed by atoms with van der Waals surface area (Å²) in [7, 11) is 0. The van der Waals surface area contributed by atoms with Crippen LogP contribution in [-0.2, 0) is 0 Å². The van der Waals surface area contributed by atoms with Gasteiger partial charge < -0.3 is 5.32 Å². The van der Waals surface area contributed by atoms with Gasteiger partial charge in [-0.2, -0.15) is 5.26 Å². The third kappa shape index (κ3) is 4.03. The fourth-order valence-electron chi connectivity index (χ4n) is 2.08. The third-order valence-corrected chi connectivity index (χ3v) is 3.07. The minimum Gasteiger partial charge on any atom is -0.344 e. The van der Waals surface area contributed by atoms with Gasteiger partial charge >= 0.3 is 0 Å². The summed E-state index contributed by atoms with van der Waals surface area (Å²) in [5, 5.41) is 12.2. The first kappa shape index (κ1) is 15.5. The first-order valence-corrected chi connectivity index (χ1v) is 7.03. The van der Waals surface area contributed by atoms with Gasteiger partial charge in [0.1, 0.15) is 11.9 Å². The minimum absolute atomic E-state index is 0.524. The standard InChI is InChI=1S/C18H18N4/c1-4-18(16-9-15(10-19)11-20-12-16)22-14(3)21-17-7-5-6-13(2)8-17/h4-9,11-12H,1-3H3,(H,21,22)/b18-4-. The molecule has 1 N–H and O–H groups in total. The molecule has 0 amide bonds. The van der Waals surface area contributed by atoms with Gasteiger partial charge in [-0.05, 0) is 44.5 Å². The highest BCUT2D eigenvalue weighted by molar-refractivity contribution is 5.97. The van der Waals surface area contributed by atoms with E-state index >= 15 is 0 Å². The molecule has 0 atom stereocenters. The Bertz CT molecular complexity index is 767. The first-order valence-electron chi connectivity index (χ1n) is 7.03. The Hall–Kier alpha value is -2.93. The van der Waals surface area contributed by atoms with Crippen molar-refractivity contribution in [3.8, 4) is 6.07 Å². The van der Waals surface area contributed by atoms with Crippen LogP contribution in [0.2, 0.25) is 0 Å². The van der Waals surface area contributed by atoms with Crippen molar-refractivity contribution in [2.45, 2.75) is 20.8 Å². The van der Waals surface area contributed by atoms with Crippen LogP contribution in [0.1, 0.15) is 30.5 Å². The maximum Gasteiger partial charge on any atom is 0.103 e. The second-order valence-corrected chi connectivity index (χ2v) is 4.94. The minimum atomic E-state index is 0.524. The number of amidine groups is 1. The van der Waals surface area contributed by atoms with E-state index < -0.39 is 0 Å². The van der Waals surface area contributed by atoms with E-state index in [0.717, 1.165) is 22.8 Å². The molecule has 1 heterocycles. The quantitative estimate of drug-likeness (QED) is 0.682. The molecule has 0 saturated heterocycles. The molecule has 0 bridgehead atoms. The maximum atomic E-state index is 8.96. The van der Waals surface area contributed by atoms with E-state index in [0.29, 0.717) is 5.56 Å². The van der Waals surface area contributed by atoms with Crippen molar-refractivity contribution in [2.24, 2.45) is 4.99 Å². The fourth-order valence-corrected chi connectivity index (χ4v) is 2.08. The lowest BCUT2D eigenvalue weighted by atomic mass is 10.1. The van der Waals surface area contributed by atoms with Crippen LogP contribution in [0.15, 0.2) is 53.8 Å².